The molecule has 1 aliphatic rings. The minimum Gasteiger partial charge on any atom is -0.394 e. The Morgan fingerprint density at radius 3 is 2.53 bits per heavy atom. The van der Waals surface area contributed by atoms with Gasteiger partial charge in [0, 0.05) is 0 Å². The number of nitrogens with zero attached hydrogens (tertiary/aromatic N) is 1. The predicted octanol–water partition coefficient (Wildman–Crippen LogP) is -3.13. The van der Waals surface area contributed by atoms with Crippen LogP contribution in [0.2, 0.25) is 0 Å². The van der Waals surface area contributed by atoms with E-state index in [4.69, 9.17) is 16.4 Å². The number of hydrogen-bond acceptors (Lipinski definition) is 6. The Kier molecular flexibility index (Phi) is 4.80. The maximum absolute atomic E-state index is 11.2. The molecule has 0 spiro atoms. The van der Waals surface area contributed by atoms with E-state index >= 15 is 0 Å². The minimum absolute atomic E-state index is 0.338. The Labute approximate surface area is 97.3 Å². The van der Waals surface area contributed by atoms with Crippen molar-refractivity contribution < 1.29 is 30.0 Å². The van der Waals surface area contributed by atoms with Gasteiger partial charge in [-0.3, -0.25) is 4.79 Å². The second-order valence-electron chi connectivity index (χ2n) is 3.66. The summed E-state index contributed by atoms with van der Waals surface area (Å²) in [4.78, 5) is 14.2. The van der Waals surface area contributed by atoms with Crippen molar-refractivity contribution in [3.63, 3.8) is 0 Å². The lowest BCUT2D eigenvalue weighted by molar-refractivity contribution is -0.253. The van der Waals surface area contributed by atoms with Crippen molar-refractivity contribution >= 4 is 5.91 Å². The molecule has 0 aromatic rings. The molecule has 0 aromatic carbocycles. The fraction of sp³-hybridized carbons (Fsp3) is 0.778. The van der Waals surface area contributed by atoms with Crippen molar-refractivity contribution in [3.05, 3.63) is 4.85 Å². The first-order valence-corrected chi connectivity index (χ1v) is 4.97. The van der Waals surface area contributed by atoms with Gasteiger partial charge >= 0.3 is 12.5 Å². The van der Waals surface area contributed by atoms with E-state index in [0.717, 1.165) is 0 Å². The van der Waals surface area contributed by atoms with Crippen LogP contribution in [-0.4, -0.2) is 70.1 Å². The summed E-state index contributed by atoms with van der Waals surface area (Å²) in [5.74, 6) is -0.631. The molecule has 17 heavy (non-hydrogen) atoms. The van der Waals surface area contributed by atoms with Crippen LogP contribution in [0.5, 0.6) is 0 Å². The molecule has 1 amide bonds. The van der Waals surface area contributed by atoms with Crippen LogP contribution in [-0.2, 0) is 9.53 Å². The molecule has 0 aliphatic carbocycles. The molecule has 1 unspecified atom stereocenters. The molecule has 8 heteroatoms. The van der Waals surface area contributed by atoms with Gasteiger partial charge in [0.1, 0.15) is 24.4 Å². The number of ether oxygens (including phenoxy) is 1. The minimum atomic E-state index is -1.53. The first-order chi connectivity index (χ1) is 8.01. The molecule has 0 aromatic heterocycles. The van der Waals surface area contributed by atoms with Crippen molar-refractivity contribution in [3.8, 4) is 6.57 Å². The largest absolute Gasteiger partial charge is 0.394 e. The van der Waals surface area contributed by atoms with Crippen LogP contribution in [0.4, 0.5) is 0 Å². The van der Waals surface area contributed by atoms with Crippen LogP contribution in [0.25, 0.3) is 4.85 Å². The van der Waals surface area contributed by atoms with Crippen LogP contribution in [0, 0.1) is 6.57 Å². The summed E-state index contributed by atoms with van der Waals surface area (Å²) < 4.78 is 4.83. The smallest absolute Gasteiger partial charge is 0.339 e. The maximum atomic E-state index is 11.2. The average Bonchev–Trinajstić information content (AvgIpc) is 2.29. The van der Waals surface area contributed by atoms with Gasteiger partial charge in [-0.2, -0.15) is 0 Å². The molecule has 5 atom stereocenters. The highest BCUT2D eigenvalue weighted by Crippen LogP contribution is 2.19. The molecule has 96 valence electrons. The third-order valence-corrected chi connectivity index (χ3v) is 2.46. The summed E-state index contributed by atoms with van der Waals surface area (Å²) in [6.45, 7) is 3.90. The van der Waals surface area contributed by atoms with Gasteiger partial charge < -0.3 is 30.5 Å². The lowest BCUT2D eigenvalue weighted by Gasteiger charge is -2.39. The Morgan fingerprint density at radius 1 is 1.35 bits per heavy atom. The Bertz CT molecular complexity index is 317. The molecule has 1 rings (SSSR count). The molecule has 1 heterocycles. The van der Waals surface area contributed by atoms with Gasteiger partial charge in [-0.05, 0) is 0 Å². The van der Waals surface area contributed by atoms with E-state index in [9.17, 15) is 20.1 Å². The zero-order valence-corrected chi connectivity index (χ0v) is 8.93. The summed E-state index contributed by atoms with van der Waals surface area (Å²) in [5.41, 5.74) is 0. The number of aliphatic hydroxyl groups excluding tert-OH is 4. The highest BCUT2D eigenvalue weighted by molar-refractivity contribution is 5.79. The summed E-state index contributed by atoms with van der Waals surface area (Å²) in [7, 11) is 0. The van der Waals surface area contributed by atoms with Crippen molar-refractivity contribution in [1.82, 2.24) is 5.32 Å². The quantitative estimate of drug-likeness (QED) is 0.359. The monoisotopic (exact) mass is 247 g/mol. The Morgan fingerprint density at radius 2 is 2.00 bits per heavy atom. The van der Waals surface area contributed by atoms with E-state index in [0.29, 0.717) is 0 Å². The first-order valence-electron chi connectivity index (χ1n) is 4.97. The van der Waals surface area contributed by atoms with Gasteiger partial charge in [0.2, 0.25) is 0 Å². The predicted molar refractivity (Wildman–Crippen MR) is 55.1 cm³/mol. The second kappa shape index (κ2) is 5.90. The topological polar surface area (TPSA) is 124 Å². The first kappa shape index (κ1) is 13.8. The summed E-state index contributed by atoms with van der Waals surface area (Å²) in [6.07, 6.45) is -5.51. The van der Waals surface area contributed by atoms with Crippen LogP contribution in [0.15, 0.2) is 0 Å². The Hall–Kier alpha value is -1.24. The zero-order chi connectivity index (χ0) is 13.0. The molecule has 0 bridgehead atoms. The van der Waals surface area contributed by atoms with E-state index in [2.05, 4.69) is 10.2 Å². The van der Waals surface area contributed by atoms with Gasteiger partial charge in [-0.25, -0.2) is 0 Å². The number of aliphatic hydroxyl groups is 4. The Balaban J connectivity index is 2.67. The standard InChI is InChI=1S/C9H14N2O6/c1-10-2-5(13)11-6-8(15)7(14)4(3-12)17-9(6)16/h1,4,6-9,12,14-16H,2-3H2/p+1/t4-,6+,7-,8-,9?/m1/s1. The van der Waals surface area contributed by atoms with Crippen molar-refractivity contribution in [2.24, 2.45) is 0 Å². The number of carbonyl (C=O) groups is 1. The van der Waals surface area contributed by atoms with Crippen LogP contribution < -0.4 is 5.32 Å². The fourth-order valence-corrected chi connectivity index (χ4v) is 1.57. The van der Waals surface area contributed by atoms with Crippen LogP contribution in [0.1, 0.15) is 0 Å². The molecule has 1 fully saturated rings. The molecule has 0 saturated carbocycles. The van der Waals surface area contributed by atoms with E-state index < -0.39 is 43.2 Å². The molecule has 0 radical (unpaired) electrons. The zero-order valence-electron chi connectivity index (χ0n) is 8.93. The van der Waals surface area contributed by atoms with Crippen molar-refractivity contribution in [2.75, 3.05) is 13.2 Å². The normalized spacial score (nSPS) is 37.2. The van der Waals surface area contributed by atoms with E-state index in [1.54, 1.807) is 0 Å². The molecule has 1 aliphatic heterocycles. The van der Waals surface area contributed by atoms with Crippen molar-refractivity contribution in [2.45, 2.75) is 30.6 Å². The van der Waals surface area contributed by atoms with E-state index in [1.807, 2.05) is 0 Å². The molecule has 1 saturated heterocycles. The van der Waals surface area contributed by atoms with Crippen molar-refractivity contribution in [1.29, 1.82) is 0 Å². The van der Waals surface area contributed by atoms with Gasteiger partial charge in [0.15, 0.2) is 6.29 Å². The lowest BCUT2D eigenvalue weighted by Crippen LogP contribution is -2.64. The number of rotatable bonds is 3. The third-order valence-electron chi connectivity index (χ3n) is 2.46. The highest BCUT2D eigenvalue weighted by atomic mass is 16.6. The van der Waals surface area contributed by atoms with Gasteiger partial charge in [0.25, 0.3) is 6.57 Å². The summed E-state index contributed by atoms with van der Waals surface area (Å²) in [5, 5.41) is 39.7. The summed E-state index contributed by atoms with van der Waals surface area (Å²) >= 11 is 0. The maximum Gasteiger partial charge on any atom is 0.339 e. The number of nitrogens with one attached hydrogen (secondary N) is 1. The van der Waals surface area contributed by atoms with Gasteiger partial charge in [-0.15, -0.1) is 0 Å². The number of amides is 1. The van der Waals surface area contributed by atoms with E-state index in [-0.39, 0.29) is 6.54 Å². The molecule has 8 nitrogen and oxygen atoms in total. The third kappa shape index (κ3) is 3.12. The molecule has 5 N–H and O–H groups in total. The average molecular weight is 247 g/mol. The van der Waals surface area contributed by atoms with E-state index in [1.165, 1.54) is 0 Å². The SMILES string of the molecule is C#[N+]CC(=O)N[C@@H]1C(O)O[C@H](CO)[C@@H](O)[C@@H]1O. The lowest BCUT2D eigenvalue weighted by atomic mass is 9.97. The number of hydrogen-bond donors (Lipinski definition) is 5. The second-order valence-corrected chi connectivity index (χ2v) is 3.66. The molecular formula is C9H15N2O6+. The number of carbonyl (C=O) groups excluding carboxylic acids is 1. The fourth-order valence-electron chi connectivity index (χ4n) is 1.57. The summed E-state index contributed by atoms with van der Waals surface area (Å²) in [6, 6.07) is -1.21. The van der Waals surface area contributed by atoms with Crippen LogP contribution in [0.3, 0.4) is 0 Å². The van der Waals surface area contributed by atoms with Gasteiger partial charge in [0.05, 0.1) is 6.61 Å². The van der Waals surface area contributed by atoms with Gasteiger partial charge in [-0.1, -0.05) is 4.85 Å². The highest BCUT2D eigenvalue weighted by Gasteiger charge is 2.44. The van der Waals surface area contributed by atoms with Crippen LogP contribution >= 0.6 is 0 Å². The molecular weight excluding hydrogens is 232 g/mol.